The summed E-state index contributed by atoms with van der Waals surface area (Å²) >= 11 is 0. The zero-order valence-electron chi connectivity index (χ0n) is 17.6. The summed E-state index contributed by atoms with van der Waals surface area (Å²) in [5, 5.41) is 14.4. The minimum Gasteiger partial charge on any atom is -0.383 e. The smallest absolute Gasteiger partial charge is 0.383 e. The van der Waals surface area contributed by atoms with Gasteiger partial charge in [0.1, 0.15) is 12.0 Å². The molecule has 0 saturated heterocycles. The molecule has 6 nitrogen and oxygen atoms in total. The standard InChI is InChI=1S/C21H28F3N5O/c1-10(2)29-18(19-14-6-13(7-15(14)19)28(4)11(3)30)8-17(27-29)12-5-16(21(22,23)24)20(25)26-9-12/h5,8-11,13-15,19,30H,6-7H2,1-4H3,(H2,25,26)/t11?,13?,14-,15+,19+. The molecule has 0 aliphatic heterocycles. The van der Waals surface area contributed by atoms with Gasteiger partial charge >= 0.3 is 6.18 Å². The Morgan fingerprint density at radius 1 is 1.20 bits per heavy atom. The van der Waals surface area contributed by atoms with E-state index in [9.17, 15) is 18.3 Å². The van der Waals surface area contributed by atoms with Gasteiger partial charge in [-0.05, 0) is 64.6 Å². The molecule has 0 amide bonds. The Hall–Kier alpha value is -2.13. The Bertz CT molecular complexity index is 927. The van der Waals surface area contributed by atoms with E-state index in [1.807, 2.05) is 36.5 Å². The zero-order chi connectivity index (χ0) is 22.0. The highest BCUT2D eigenvalue weighted by atomic mass is 19.4. The summed E-state index contributed by atoms with van der Waals surface area (Å²) in [7, 11) is 1.94. The van der Waals surface area contributed by atoms with Crippen LogP contribution in [0.3, 0.4) is 0 Å². The van der Waals surface area contributed by atoms with Crippen LogP contribution in [0.5, 0.6) is 0 Å². The van der Waals surface area contributed by atoms with Crippen molar-refractivity contribution in [2.75, 3.05) is 12.8 Å². The molecule has 2 heterocycles. The molecule has 9 heteroatoms. The third-order valence-electron chi connectivity index (χ3n) is 6.70. The predicted octanol–water partition coefficient (Wildman–Crippen LogP) is 3.89. The first-order valence-electron chi connectivity index (χ1n) is 10.3. The van der Waals surface area contributed by atoms with E-state index in [0.717, 1.165) is 24.6 Å². The second kappa shape index (κ2) is 7.23. The molecule has 0 radical (unpaired) electrons. The van der Waals surface area contributed by atoms with E-state index in [-0.39, 0.29) is 6.04 Å². The van der Waals surface area contributed by atoms with Gasteiger partial charge in [0.15, 0.2) is 0 Å². The molecule has 4 rings (SSSR count). The van der Waals surface area contributed by atoms with Gasteiger partial charge in [-0.15, -0.1) is 0 Å². The number of halogens is 3. The highest BCUT2D eigenvalue weighted by molar-refractivity contribution is 5.63. The first-order valence-corrected chi connectivity index (χ1v) is 10.3. The number of aliphatic hydroxyl groups excluding tert-OH is 1. The van der Waals surface area contributed by atoms with E-state index < -0.39 is 23.8 Å². The van der Waals surface area contributed by atoms with Crippen LogP contribution in [0.2, 0.25) is 0 Å². The van der Waals surface area contributed by atoms with E-state index >= 15 is 0 Å². The molecule has 2 aromatic rings. The van der Waals surface area contributed by atoms with Gasteiger partial charge < -0.3 is 10.8 Å². The van der Waals surface area contributed by atoms with Crippen molar-refractivity contribution >= 4 is 5.82 Å². The molecule has 3 N–H and O–H groups in total. The molecule has 0 bridgehead atoms. The molecule has 2 saturated carbocycles. The predicted molar refractivity (Wildman–Crippen MR) is 107 cm³/mol. The summed E-state index contributed by atoms with van der Waals surface area (Å²) < 4.78 is 41.7. The van der Waals surface area contributed by atoms with Crippen molar-refractivity contribution in [3.8, 4) is 11.3 Å². The number of nitrogen functional groups attached to an aromatic ring is 1. The second-order valence-corrected chi connectivity index (χ2v) is 8.92. The Morgan fingerprint density at radius 2 is 1.83 bits per heavy atom. The highest BCUT2D eigenvalue weighted by Crippen LogP contribution is 2.64. The summed E-state index contributed by atoms with van der Waals surface area (Å²) in [5.74, 6) is 0.873. The third kappa shape index (κ3) is 3.58. The van der Waals surface area contributed by atoms with Crippen molar-refractivity contribution in [2.45, 2.75) is 64.0 Å². The fraction of sp³-hybridized carbons (Fsp3) is 0.619. The molecular weight excluding hydrogens is 395 g/mol. The van der Waals surface area contributed by atoms with Crippen LogP contribution in [-0.4, -0.2) is 44.1 Å². The van der Waals surface area contributed by atoms with Gasteiger partial charge in [-0.3, -0.25) is 9.58 Å². The summed E-state index contributed by atoms with van der Waals surface area (Å²) in [6, 6.07) is 3.39. The zero-order valence-corrected chi connectivity index (χ0v) is 17.6. The van der Waals surface area contributed by atoms with Crippen LogP contribution in [0, 0.1) is 11.8 Å². The number of hydrogen-bond donors (Lipinski definition) is 2. The van der Waals surface area contributed by atoms with Gasteiger partial charge in [0.25, 0.3) is 0 Å². The van der Waals surface area contributed by atoms with Crippen LogP contribution in [0.15, 0.2) is 18.3 Å². The van der Waals surface area contributed by atoms with E-state index in [0.29, 0.717) is 35.1 Å². The largest absolute Gasteiger partial charge is 0.419 e. The normalized spacial score (nSPS) is 27.0. The number of hydrogen-bond acceptors (Lipinski definition) is 5. The molecule has 30 heavy (non-hydrogen) atoms. The van der Waals surface area contributed by atoms with Crippen molar-refractivity contribution in [2.24, 2.45) is 11.8 Å². The number of nitrogens with zero attached hydrogens (tertiary/aromatic N) is 4. The molecule has 5 atom stereocenters. The Morgan fingerprint density at radius 3 is 2.37 bits per heavy atom. The van der Waals surface area contributed by atoms with Crippen LogP contribution in [0.1, 0.15) is 56.8 Å². The van der Waals surface area contributed by atoms with Crippen molar-refractivity contribution in [3.63, 3.8) is 0 Å². The summed E-state index contributed by atoms with van der Waals surface area (Å²) in [6.45, 7) is 5.81. The number of anilines is 1. The number of nitrogens with two attached hydrogens (primary N) is 1. The third-order valence-corrected chi connectivity index (χ3v) is 6.70. The van der Waals surface area contributed by atoms with Gasteiger partial charge in [-0.2, -0.15) is 18.3 Å². The Balaban J connectivity index is 1.61. The van der Waals surface area contributed by atoms with Gasteiger partial charge in [0.2, 0.25) is 0 Å². The van der Waals surface area contributed by atoms with Crippen molar-refractivity contribution < 1.29 is 18.3 Å². The average molecular weight is 423 g/mol. The topological polar surface area (TPSA) is 80.2 Å². The molecule has 2 aliphatic rings. The summed E-state index contributed by atoms with van der Waals surface area (Å²) in [6.07, 6.45) is -1.66. The quantitative estimate of drug-likeness (QED) is 0.714. The maximum Gasteiger partial charge on any atom is 0.419 e. The lowest BCUT2D eigenvalue weighted by atomic mass is 10.0. The molecule has 2 unspecified atom stereocenters. The molecule has 0 spiro atoms. The average Bonchev–Trinajstić information content (AvgIpc) is 3.02. The van der Waals surface area contributed by atoms with E-state index in [1.165, 1.54) is 6.20 Å². The van der Waals surface area contributed by atoms with Gasteiger partial charge in [-0.1, -0.05) is 0 Å². The number of pyridine rings is 1. The van der Waals surface area contributed by atoms with Crippen molar-refractivity contribution in [1.29, 1.82) is 0 Å². The number of fused-ring (bicyclic) bond motifs is 1. The molecule has 164 valence electrons. The summed E-state index contributed by atoms with van der Waals surface area (Å²) in [5.41, 5.74) is 6.37. The fourth-order valence-corrected chi connectivity index (χ4v) is 4.94. The van der Waals surface area contributed by atoms with Crippen molar-refractivity contribution in [1.82, 2.24) is 19.7 Å². The lowest BCUT2D eigenvalue weighted by molar-refractivity contribution is -0.137. The van der Waals surface area contributed by atoms with Crippen molar-refractivity contribution in [3.05, 3.63) is 29.6 Å². The molecule has 2 fully saturated rings. The molecule has 2 aromatic heterocycles. The van der Waals surface area contributed by atoms with E-state index in [4.69, 9.17) is 5.73 Å². The molecule has 2 aliphatic carbocycles. The van der Waals surface area contributed by atoms with Crippen LogP contribution >= 0.6 is 0 Å². The van der Waals surface area contributed by atoms with Crippen LogP contribution in [-0.2, 0) is 6.18 Å². The summed E-state index contributed by atoms with van der Waals surface area (Å²) in [4.78, 5) is 5.76. The molecule has 0 aromatic carbocycles. The number of aliphatic hydroxyl groups is 1. The Labute approximate surface area is 173 Å². The number of aromatic nitrogens is 3. The Kier molecular flexibility index (Phi) is 5.09. The van der Waals surface area contributed by atoms with Crippen LogP contribution in [0.4, 0.5) is 19.0 Å². The SMILES string of the molecule is CC(O)N(C)C1C[C@@H]2[C@H](C1)[C@H]2c1cc(-c2cnc(N)c(C(F)(F)F)c2)nn1C(C)C. The van der Waals surface area contributed by atoms with Crippen LogP contribution < -0.4 is 5.73 Å². The van der Waals surface area contributed by atoms with E-state index in [2.05, 4.69) is 10.1 Å². The maximum atomic E-state index is 13.2. The second-order valence-electron chi connectivity index (χ2n) is 8.92. The number of rotatable bonds is 5. The lowest BCUT2D eigenvalue weighted by Gasteiger charge is -2.29. The van der Waals surface area contributed by atoms with E-state index in [1.54, 1.807) is 6.92 Å². The lowest BCUT2D eigenvalue weighted by Crippen LogP contribution is -2.37. The van der Waals surface area contributed by atoms with Gasteiger partial charge in [0, 0.05) is 35.5 Å². The molecular formula is C21H28F3N5O. The number of alkyl halides is 3. The fourth-order valence-electron chi connectivity index (χ4n) is 4.94. The monoisotopic (exact) mass is 423 g/mol. The first kappa shape index (κ1) is 21.1. The maximum absolute atomic E-state index is 13.2. The van der Waals surface area contributed by atoms with Gasteiger partial charge in [0.05, 0.1) is 11.3 Å². The van der Waals surface area contributed by atoms with Crippen LogP contribution in [0.25, 0.3) is 11.3 Å². The minimum atomic E-state index is -4.56. The first-order chi connectivity index (χ1) is 14.0. The highest BCUT2D eigenvalue weighted by Gasteiger charge is 2.58. The van der Waals surface area contributed by atoms with Gasteiger partial charge in [-0.25, -0.2) is 4.98 Å². The minimum absolute atomic E-state index is 0.0924.